The predicted octanol–water partition coefficient (Wildman–Crippen LogP) is 2.05. The second-order valence-electron chi connectivity index (χ2n) is 11.8. The summed E-state index contributed by atoms with van der Waals surface area (Å²) in [7, 11) is 0. The smallest absolute Gasteiger partial charge is 0.335 e. The lowest BCUT2D eigenvalue weighted by Gasteiger charge is -2.28. The highest BCUT2D eigenvalue weighted by atomic mass is 35.5. The summed E-state index contributed by atoms with van der Waals surface area (Å²) in [6.45, 7) is 5.23. The molecule has 0 aromatic heterocycles. The Kier molecular flexibility index (Phi) is 14.8. The number of aliphatic hydroxyl groups excluding tert-OH is 1. The maximum absolute atomic E-state index is 14.0. The van der Waals surface area contributed by atoms with Crippen LogP contribution >= 0.6 is 11.6 Å². The molecule has 0 heterocycles. The molecule has 14 nitrogen and oxygen atoms in total. The number of carboxylic acid groups (broad SMARTS) is 2. The van der Waals surface area contributed by atoms with Gasteiger partial charge in [0.25, 0.3) is 5.91 Å². The molecular weight excluding hydrogens is 682 g/mol. The van der Waals surface area contributed by atoms with Crippen LogP contribution in [0.2, 0.25) is 5.02 Å². The summed E-state index contributed by atoms with van der Waals surface area (Å²) >= 11 is 6.04. The van der Waals surface area contributed by atoms with Crippen molar-refractivity contribution in [3.63, 3.8) is 0 Å². The third kappa shape index (κ3) is 12.7. The predicted molar refractivity (Wildman–Crippen MR) is 189 cm³/mol. The van der Waals surface area contributed by atoms with E-state index in [0.717, 1.165) is 0 Å². The van der Waals surface area contributed by atoms with Crippen molar-refractivity contribution in [2.24, 2.45) is 5.73 Å². The van der Waals surface area contributed by atoms with Gasteiger partial charge in [0.05, 0.1) is 17.6 Å². The number of rotatable bonds is 18. The van der Waals surface area contributed by atoms with Crippen molar-refractivity contribution >= 4 is 52.9 Å². The van der Waals surface area contributed by atoms with Gasteiger partial charge in [-0.25, -0.2) is 4.79 Å². The summed E-state index contributed by atoms with van der Waals surface area (Å²) < 4.78 is 0. The van der Waals surface area contributed by atoms with Gasteiger partial charge in [0.2, 0.25) is 17.7 Å². The number of halogens is 1. The number of benzene rings is 3. The maximum atomic E-state index is 14.0. The molecule has 0 aliphatic rings. The first-order chi connectivity index (χ1) is 24.1. The average Bonchev–Trinajstić information content (AvgIpc) is 3.09. The number of anilines is 1. The largest absolute Gasteiger partial charge is 0.481 e. The van der Waals surface area contributed by atoms with E-state index in [1.165, 1.54) is 31.2 Å². The molecule has 15 heteroatoms. The second-order valence-corrected chi connectivity index (χ2v) is 12.3. The Hall–Kier alpha value is -5.57. The Morgan fingerprint density at radius 2 is 1.43 bits per heavy atom. The third-order valence-electron chi connectivity index (χ3n) is 7.69. The number of carboxylic acids is 2. The summed E-state index contributed by atoms with van der Waals surface area (Å²) in [5.74, 6) is -5.71. The molecule has 270 valence electrons. The van der Waals surface area contributed by atoms with Gasteiger partial charge in [-0.3, -0.25) is 24.0 Å². The minimum atomic E-state index is -1.84. The van der Waals surface area contributed by atoms with Gasteiger partial charge in [0.15, 0.2) is 6.10 Å². The van der Waals surface area contributed by atoms with Crippen LogP contribution in [0.4, 0.5) is 5.69 Å². The Labute approximate surface area is 299 Å². The number of hydrogen-bond acceptors (Lipinski definition) is 8. The van der Waals surface area contributed by atoms with Gasteiger partial charge in [0, 0.05) is 23.6 Å². The molecule has 3 aromatic carbocycles. The molecule has 0 radical (unpaired) electrons. The van der Waals surface area contributed by atoms with Crippen LogP contribution in [0.3, 0.4) is 0 Å². The third-order valence-corrected chi connectivity index (χ3v) is 7.94. The molecule has 0 saturated heterocycles. The highest BCUT2D eigenvalue weighted by Crippen LogP contribution is 2.15. The fourth-order valence-electron chi connectivity index (χ4n) is 4.91. The summed E-state index contributed by atoms with van der Waals surface area (Å²) in [4.78, 5) is 75.9. The zero-order chi connectivity index (χ0) is 37.7. The number of nitrogens with two attached hydrogens (primary N) is 1. The molecule has 3 rings (SSSR count). The Bertz CT molecular complexity index is 1740. The van der Waals surface area contributed by atoms with Gasteiger partial charge < -0.3 is 42.3 Å². The molecule has 0 aliphatic carbocycles. The molecule has 0 saturated carbocycles. The lowest BCUT2D eigenvalue weighted by Crippen LogP contribution is -2.59. The van der Waals surface area contributed by atoms with Crippen LogP contribution in [0, 0.1) is 0 Å². The van der Waals surface area contributed by atoms with Gasteiger partial charge in [-0.05, 0) is 66.8 Å². The minimum Gasteiger partial charge on any atom is -0.481 e. The zero-order valence-electron chi connectivity index (χ0n) is 27.7. The number of carbonyl (C=O) groups excluding carboxylic acids is 4. The van der Waals surface area contributed by atoms with Gasteiger partial charge in [0.1, 0.15) is 12.1 Å². The van der Waals surface area contributed by atoms with E-state index in [0.29, 0.717) is 16.1 Å². The van der Waals surface area contributed by atoms with Crippen LogP contribution < -0.4 is 27.0 Å². The van der Waals surface area contributed by atoms with E-state index in [4.69, 9.17) is 22.4 Å². The summed E-state index contributed by atoms with van der Waals surface area (Å²) in [5.41, 5.74) is 7.27. The van der Waals surface area contributed by atoms with Crippen molar-refractivity contribution in [2.45, 2.75) is 62.9 Å². The lowest BCUT2D eigenvalue weighted by molar-refractivity contribution is -0.137. The first kappa shape index (κ1) is 39.9. The van der Waals surface area contributed by atoms with Gasteiger partial charge in [-0.15, -0.1) is 0 Å². The SMILES string of the molecule is C=C(C)[C@H](NC(=O)[C@@H](N)CCC(=O)O)C(=O)N[C@@H](Cc1ccc(Cl)cc1)C(=O)NC(Cc1ccccc1)[C@@H](O)C(=O)Nc1cccc(C(=O)O)c1. The van der Waals surface area contributed by atoms with Crippen LogP contribution in [0.5, 0.6) is 0 Å². The number of carbonyl (C=O) groups is 6. The van der Waals surface area contributed by atoms with Gasteiger partial charge >= 0.3 is 11.9 Å². The van der Waals surface area contributed by atoms with Crippen molar-refractivity contribution in [3.8, 4) is 0 Å². The topological polar surface area (TPSA) is 237 Å². The monoisotopic (exact) mass is 721 g/mol. The van der Waals surface area contributed by atoms with E-state index >= 15 is 0 Å². The molecule has 5 atom stereocenters. The molecule has 0 fully saturated rings. The van der Waals surface area contributed by atoms with Crippen LogP contribution in [0.15, 0.2) is 91.0 Å². The molecule has 0 spiro atoms. The zero-order valence-corrected chi connectivity index (χ0v) is 28.4. The Morgan fingerprint density at radius 3 is 2.04 bits per heavy atom. The van der Waals surface area contributed by atoms with E-state index in [1.54, 1.807) is 54.6 Å². The summed E-state index contributed by atoms with van der Waals surface area (Å²) in [5, 5.41) is 40.1. The van der Waals surface area contributed by atoms with E-state index < -0.39 is 65.8 Å². The van der Waals surface area contributed by atoms with Gasteiger partial charge in [-0.1, -0.05) is 66.7 Å². The van der Waals surface area contributed by atoms with Crippen molar-refractivity contribution in [1.29, 1.82) is 0 Å². The molecule has 3 aromatic rings. The van der Waals surface area contributed by atoms with Crippen molar-refractivity contribution in [3.05, 3.63) is 113 Å². The fourth-order valence-corrected chi connectivity index (χ4v) is 5.04. The molecule has 0 aliphatic heterocycles. The molecule has 51 heavy (non-hydrogen) atoms. The van der Waals surface area contributed by atoms with E-state index in [1.807, 2.05) is 0 Å². The number of aromatic carboxylic acids is 1. The van der Waals surface area contributed by atoms with E-state index in [9.17, 15) is 39.0 Å². The highest BCUT2D eigenvalue weighted by molar-refractivity contribution is 6.30. The van der Waals surface area contributed by atoms with E-state index in [-0.39, 0.29) is 42.5 Å². The first-order valence-corrected chi connectivity index (χ1v) is 16.2. The van der Waals surface area contributed by atoms with Crippen LogP contribution in [-0.2, 0) is 36.8 Å². The fraction of sp³-hybridized carbons (Fsp3) is 0.278. The molecule has 0 bridgehead atoms. The number of amides is 4. The normalized spacial score (nSPS) is 13.7. The Morgan fingerprint density at radius 1 is 0.784 bits per heavy atom. The standard InChI is InChI=1S/C36H40ClN5O9/c1-20(2)30(42-32(46)26(38)15-16-29(43)44)34(48)41-28(18-22-11-13-24(37)14-12-22)33(47)40-27(17-21-7-4-3-5-8-21)31(45)35(49)39-25-10-6-9-23(19-25)36(50)51/h3-14,19,26-28,30-31,45H,1,15-18,38H2,2H3,(H,39,49)(H,40,47)(H,41,48)(H,42,46)(H,43,44)(H,50,51)/t26-,27?,28-,30-,31+/m0/s1. The lowest BCUT2D eigenvalue weighted by atomic mass is 9.98. The number of aliphatic hydroxyl groups is 1. The first-order valence-electron chi connectivity index (χ1n) is 15.8. The number of aliphatic carboxylic acids is 1. The number of nitrogens with one attached hydrogen (secondary N) is 4. The van der Waals surface area contributed by atoms with Crippen LogP contribution in [0.1, 0.15) is 41.3 Å². The molecule has 4 amide bonds. The quantitative estimate of drug-likeness (QED) is 0.0890. The number of hydrogen-bond donors (Lipinski definition) is 8. The van der Waals surface area contributed by atoms with Crippen molar-refractivity contribution < 1.29 is 44.1 Å². The van der Waals surface area contributed by atoms with E-state index in [2.05, 4.69) is 27.8 Å². The Balaban J connectivity index is 1.89. The second kappa shape index (κ2) is 19.0. The molecule has 1 unspecified atom stereocenters. The molecule has 9 N–H and O–H groups in total. The summed E-state index contributed by atoms with van der Waals surface area (Å²) in [6.07, 6.45) is -2.49. The van der Waals surface area contributed by atoms with Crippen LogP contribution in [-0.4, -0.2) is 81.2 Å². The van der Waals surface area contributed by atoms with Crippen molar-refractivity contribution in [2.75, 3.05) is 5.32 Å². The summed E-state index contributed by atoms with van der Waals surface area (Å²) in [6, 6.07) is 15.4. The molecular formula is C36H40ClN5O9. The average molecular weight is 722 g/mol. The highest BCUT2D eigenvalue weighted by Gasteiger charge is 2.33. The minimum absolute atomic E-state index is 0.0172. The van der Waals surface area contributed by atoms with Gasteiger partial charge in [-0.2, -0.15) is 0 Å². The van der Waals surface area contributed by atoms with Crippen LogP contribution in [0.25, 0.3) is 0 Å². The maximum Gasteiger partial charge on any atom is 0.335 e. The van der Waals surface area contributed by atoms with Crippen molar-refractivity contribution in [1.82, 2.24) is 16.0 Å².